The van der Waals surface area contributed by atoms with Crippen LogP contribution in [-0.4, -0.2) is 77.3 Å². The van der Waals surface area contributed by atoms with Crippen LogP contribution >= 0.6 is 0 Å². The van der Waals surface area contributed by atoms with Crippen molar-refractivity contribution in [2.45, 2.75) is 107 Å². The number of rotatable bonds is 18. The molecule has 0 N–H and O–H groups in total. The molecule has 0 aromatic heterocycles. The Morgan fingerprint density at radius 1 is 0.492 bits per heavy atom. The van der Waals surface area contributed by atoms with Gasteiger partial charge in [-0.3, -0.25) is 0 Å². The first kappa shape index (κ1) is 39.7. The number of hydrogen-bond donors (Lipinski definition) is 0. The zero-order valence-corrected chi connectivity index (χ0v) is 36.5. The first-order valence-corrected chi connectivity index (χ1v) is 23.0. The van der Waals surface area contributed by atoms with Crippen LogP contribution in [0.2, 0.25) is 0 Å². The first-order valence-electron chi connectivity index (χ1n) is 23.0. The van der Waals surface area contributed by atoms with Gasteiger partial charge >= 0.3 is 0 Å². The van der Waals surface area contributed by atoms with Gasteiger partial charge in [0.2, 0.25) is 0 Å². The second-order valence-electron chi connectivity index (χ2n) is 20.3. The third kappa shape index (κ3) is 8.19. The molecule has 3 aliphatic carbocycles. The monoisotopic (exact) mass is 826 g/mol. The van der Waals surface area contributed by atoms with E-state index in [4.69, 9.17) is 37.9 Å². The van der Waals surface area contributed by atoms with E-state index in [1.54, 1.807) is 0 Å². The van der Waals surface area contributed by atoms with Crippen molar-refractivity contribution >= 4 is 0 Å². The van der Waals surface area contributed by atoms with Crippen molar-refractivity contribution < 1.29 is 37.9 Å². The maximum atomic E-state index is 6.63. The molecule has 4 aromatic carbocycles. The molecule has 8 nitrogen and oxygen atoms in total. The van der Waals surface area contributed by atoms with Gasteiger partial charge in [-0.1, -0.05) is 70.2 Å². The molecule has 4 aliphatic heterocycles. The number of benzene rings is 4. The van der Waals surface area contributed by atoms with Crippen LogP contribution in [0.25, 0.3) is 0 Å². The number of hydrogen-bond acceptors (Lipinski definition) is 8. The summed E-state index contributed by atoms with van der Waals surface area (Å²) in [6.45, 7) is 17.3. The average Bonchev–Trinajstić information content (AvgIpc) is 4.06. The third-order valence-electron chi connectivity index (χ3n) is 15.5. The maximum absolute atomic E-state index is 6.63. The SMILES string of the molecule is Cc1cc(C(C)(C)c2ccc(OCC3CO3)cc2)c(C2CC3C4CC(c5cc(C(C)(C)c6ccc(OCC7CO7)cc6)ccc5OCC5CO5)C(C4)C3C2)cc1OCC1CO1. The Kier molecular flexibility index (Phi) is 10.2. The Hall–Kier alpha value is -4.08. The van der Waals surface area contributed by atoms with E-state index in [9.17, 15) is 0 Å². The van der Waals surface area contributed by atoms with Crippen LogP contribution in [0.3, 0.4) is 0 Å². The zero-order valence-electron chi connectivity index (χ0n) is 36.5. The average molecular weight is 827 g/mol. The molecule has 4 saturated heterocycles. The van der Waals surface area contributed by atoms with E-state index < -0.39 is 0 Å². The van der Waals surface area contributed by atoms with Crippen molar-refractivity contribution in [3.8, 4) is 23.0 Å². The van der Waals surface area contributed by atoms with Crippen LogP contribution in [0, 0.1) is 30.6 Å². The molecular formula is C53H62O8. The molecule has 0 amide bonds. The number of fused-ring (bicyclic) bond motifs is 5. The highest BCUT2D eigenvalue weighted by Crippen LogP contribution is 2.67. The highest BCUT2D eigenvalue weighted by Gasteiger charge is 2.57. The van der Waals surface area contributed by atoms with Gasteiger partial charge in [-0.15, -0.1) is 0 Å². The summed E-state index contributed by atoms with van der Waals surface area (Å²) in [6, 6.07) is 29.3. The highest BCUT2D eigenvalue weighted by molar-refractivity contribution is 5.52. The van der Waals surface area contributed by atoms with Gasteiger partial charge in [-0.25, -0.2) is 0 Å². The maximum Gasteiger partial charge on any atom is 0.122 e. The summed E-state index contributed by atoms with van der Waals surface area (Å²) < 4.78 is 47.0. The van der Waals surface area contributed by atoms with Crippen molar-refractivity contribution in [1.29, 1.82) is 0 Å². The van der Waals surface area contributed by atoms with Gasteiger partial charge in [-0.2, -0.15) is 0 Å². The molecule has 4 heterocycles. The van der Waals surface area contributed by atoms with E-state index in [0.29, 0.717) is 50.1 Å². The minimum atomic E-state index is -0.209. The van der Waals surface area contributed by atoms with Gasteiger partial charge in [0, 0.05) is 10.8 Å². The normalized spacial score (nSPS) is 30.5. The zero-order chi connectivity index (χ0) is 41.5. The predicted octanol–water partition coefficient (Wildman–Crippen LogP) is 9.69. The predicted molar refractivity (Wildman–Crippen MR) is 234 cm³/mol. The highest BCUT2D eigenvalue weighted by atomic mass is 16.6. The van der Waals surface area contributed by atoms with E-state index in [2.05, 4.69) is 113 Å². The largest absolute Gasteiger partial charge is 0.491 e. The second kappa shape index (κ2) is 15.6. The molecule has 8 heteroatoms. The lowest BCUT2D eigenvalue weighted by Gasteiger charge is -2.34. The molecule has 7 fully saturated rings. The molecule has 61 heavy (non-hydrogen) atoms. The molecule has 0 spiro atoms. The first-order chi connectivity index (χ1) is 29.6. The van der Waals surface area contributed by atoms with E-state index in [1.807, 2.05) is 0 Å². The molecule has 322 valence electrons. The van der Waals surface area contributed by atoms with Crippen LogP contribution in [-0.2, 0) is 29.8 Å². The van der Waals surface area contributed by atoms with Crippen LogP contribution < -0.4 is 18.9 Å². The summed E-state index contributed by atoms with van der Waals surface area (Å²) in [5, 5.41) is 0. The second-order valence-corrected chi connectivity index (χ2v) is 20.3. The van der Waals surface area contributed by atoms with E-state index in [-0.39, 0.29) is 35.2 Å². The summed E-state index contributed by atoms with van der Waals surface area (Å²) in [7, 11) is 0. The van der Waals surface area contributed by atoms with Crippen molar-refractivity contribution in [3.63, 3.8) is 0 Å². The molecule has 3 saturated carbocycles. The van der Waals surface area contributed by atoms with Crippen molar-refractivity contribution in [2.75, 3.05) is 52.9 Å². The third-order valence-corrected chi connectivity index (χ3v) is 15.5. The van der Waals surface area contributed by atoms with Crippen molar-refractivity contribution in [3.05, 3.63) is 118 Å². The fourth-order valence-corrected chi connectivity index (χ4v) is 11.4. The molecule has 0 radical (unpaired) electrons. The molecule has 10 unspecified atom stereocenters. The fourth-order valence-electron chi connectivity index (χ4n) is 11.4. The van der Waals surface area contributed by atoms with E-state index in [1.165, 1.54) is 64.6 Å². The lowest BCUT2D eigenvalue weighted by molar-refractivity contribution is 0.222. The molecular weight excluding hydrogens is 765 g/mol. The van der Waals surface area contributed by atoms with Gasteiger partial charge in [0.15, 0.2) is 0 Å². The summed E-state index contributed by atoms with van der Waals surface area (Å²) in [4.78, 5) is 0. The number of aryl methyl sites for hydroxylation is 1. The standard InChI is InChI=1S/C53H62O8/c1-31-16-49(53(4,5)35-8-13-38(14-9-35)55-24-40-26-57-40)44(22-51(31)61-30-42-28-59-42)33-17-43-32-18-46(45(43)20-33)47(19-32)48-21-36(10-15-50(48)60-29-41-27-58-41)52(2,3)34-6-11-37(12-7-34)54-23-39-25-56-39/h6-16,21-22,32-33,39-43,45-47H,17-20,23-30H2,1-5H3. The van der Waals surface area contributed by atoms with Gasteiger partial charge in [-0.05, 0) is 143 Å². The van der Waals surface area contributed by atoms with Crippen molar-refractivity contribution in [2.24, 2.45) is 23.7 Å². The molecule has 4 aromatic rings. The number of ether oxygens (including phenoxy) is 8. The minimum Gasteiger partial charge on any atom is -0.491 e. The Labute approximate surface area is 361 Å². The Morgan fingerprint density at radius 2 is 1.00 bits per heavy atom. The molecule has 7 aliphatic rings. The summed E-state index contributed by atoms with van der Waals surface area (Å²) in [5.74, 6) is 7.61. The fraction of sp³-hybridized carbons (Fsp3) is 0.547. The Balaban J connectivity index is 0.871. The van der Waals surface area contributed by atoms with Gasteiger partial charge in [0.25, 0.3) is 0 Å². The van der Waals surface area contributed by atoms with E-state index >= 15 is 0 Å². The Bertz CT molecular complexity index is 2210. The Morgan fingerprint density at radius 3 is 1.57 bits per heavy atom. The van der Waals surface area contributed by atoms with Crippen LogP contribution in [0.4, 0.5) is 0 Å². The smallest absolute Gasteiger partial charge is 0.122 e. The summed E-state index contributed by atoms with van der Waals surface area (Å²) in [5.41, 5.74) is 8.97. The minimum absolute atomic E-state index is 0.192. The lowest BCUT2D eigenvalue weighted by Crippen LogP contribution is -2.25. The van der Waals surface area contributed by atoms with Gasteiger partial charge < -0.3 is 37.9 Å². The van der Waals surface area contributed by atoms with Crippen LogP contribution in [0.15, 0.2) is 78.9 Å². The molecule has 10 atom stereocenters. The van der Waals surface area contributed by atoms with E-state index in [0.717, 1.165) is 61.3 Å². The van der Waals surface area contributed by atoms with Crippen molar-refractivity contribution in [1.82, 2.24) is 0 Å². The van der Waals surface area contributed by atoms with Gasteiger partial charge in [0.1, 0.15) is 73.8 Å². The lowest BCUT2D eigenvalue weighted by atomic mass is 9.71. The van der Waals surface area contributed by atoms with Gasteiger partial charge in [0.05, 0.1) is 26.4 Å². The van der Waals surface area contributed by atoms with Crippen LogP contribution in [0.1, 0.15) is 104 Å². The van der Waals surface area contributed by atoms with Crippen LogP contribution in [0.5, 0.6) is 23.0 Å². The molecule has 11 rings (SSSR count). The summed E-state index contributed by atoms with van der Waals surface area (Å²) in [6.07, 6.45) is 5.93. The quantitative estimate of drug-likeness (QED) is 0.0918. The molecule has 2 bridgehead atoms. The summed E-state index contributed by atoms with van der Waals surface area (Å²) >= 11 is 0. The topological polar surface area (TPSA) is 87.0 Å². The number of epoxide rings is 4.